The largest absolute Gasteiger partial charge is 0.457 e. The number of carbonyl (C=O) groups excluding carboxylic acids is 1. The Bertz CT molecular complexity index is 1320. The zero-order valence-corrected chi connectivity index (χ0v) is 20.3. The highest BCUT2D eigenvalue weighted by atomic mass is 32.2. The molecule has 2 atom stereocenters. The van der Waals surface area contributed by atoms with Crippen LogP contribution in [0, 0.1) is 6.92 Å². The van der Waals surface area contributed by atoms with Gasteiger partial charge in [0.2, 0.25) is 5.91 Å². The van der Waals surface area contributed by atoms with Crippen LogP contribution >= 0.6 is 11.8 Å². The van der Waals surface area contributed by atoms with E-state index in [0.717, 1.165) is 46.2 Å². The summed E-state index contributed by atoms with van der Waals surface area (Å²) >= 11 is 1.65. The maximum absolute atomic E-state index is 13.0. The molecule has 1 N–H and O–H groups in total. The van der Waals surface area contributed by atoms with E-state index in [1.807, 2.05) is 73.1 Å². The monoisotopic (exact) mass is 469 g/mol. The molecule has 4 aromatic rings. The fourth-order valence-corrected chi connectivity index (χ4v) is 5.62. The molecule has 1 aliphatic heterocycles. The number of nitrogens with zero attached hydrogens (tertiary/aromatic N) is 2. The van der Waals surface area contributed by atoms with E-state index in [0.29, 0.717) is 0 Å². The Morgan fingerprint density at radius 2 is 1.65 bits per heavy atom. The van der Waals surface area contributed by atoms with Crippen LogP contribution in [0.3, 0.4) is 0 Å². The van der Waals surface area contributed by atoms with Crippen molar-refractivity contribution in [2.75, 3.05) is 5.32 Å². The van der Waals surface area contributed by atoms with E-state index in [9.17, 15) is 4.79 Å². The number of carbonyl (C=O) groups is 1. The van der Waals surface area contributed by atoms with Gasteiger partial charge in [0, 0.05) is 5.56 Å². The minimum Gasteiger partial charge on any atom is -0.457 e. The van der Waals surface area contributed by atoms with Crippen molar-refractivity contribution in [3.8, 4) is 17.2 Å². The van der Waals surface area contributed by atoms with Crippen molar-refractivity contribution in [3.63, 3.8) is 0 Å². The third-order valence-corrected chi connectivity index (χ3v) is 7.48. The number of amides is 1. The van der Waals surface area contributed by atoms with E-state index >= 15 is 0 Å². The van der Waals surface area contributed by atoms with Crippen molar-refractivity contribution in [1.29, 1.82) is 0 Å². The summed E-state index contributed by atoms with van der Waals surface area (Å²) in [6, 6.07) is 26.1. The summed E-state index contributed by atoms with van der Waals surface area (Å²) < 4.78 is 7.88. The predicted octanol–water partition coefficient (Wildman–Crippen LogP) is 6.70. The number of nitrogens with one attached hydrogen (secondary N) is 1. The standard InChI is InChI=1S/C28H27N3O2S/c1-4-20-10-8-9-13-24(20)31-27-25(18(2)30-31)26(34-19(3)28(32)29-27)21-14-16-23(17-15-21)33-22-11-6-5-7-12-22/h5-17,19,26H,4H2,1-3H3,(H,29,32)/t19-,26+/m0/s1. The van der Waals surface area contributed by atoms with Crippen molar-refractivity contribution in [2.24, 2.45) is 0 Å². The van der Waals surface area contributed by atoms with Crippen LogP contribution in [0.15, 0.2) is 78.9 Å². The van der Waals surface area contributed by atoms with Gasteiger partial charge in [-0.3, -0.25) is 4.79 Å². The molecule has 172 valence electrons. The molecule has 2 heterocycles. The fraction of sp³-hybridized carbons (Fsp3) is 0.214. The molecule has 0 bridgehead atoms. The summed E-state index contributed by atoms with van der Waals surface area (Å²) in [5.41, 5.74) is 5.26. The fourth-order valence-electron chi connectivity index (χ4n) is 4.30. The summed E-state index contributed by atoms with van der Waals surface area (Å²) in [5.74, 6) is 2.33. The average molecular weight is 470 g/mol. The van der Waals surface area contributed by atoms with Crippen molar-refractivity contribution >= 4 is 23.5 Å². The molecule has 0 radical (unpaired) electrons. The number of fused-ring (bicyclic) bond motifs is 1. The first-order valence-corrected chi connectivity index (χ1v) is 12.5. The summed E-state index contributed by atoms with van der Waals surface area (Å²) in [6.07, 6.45) is 0.884. The van der Waals surface area contributed by atoms with Gasteiger partial charge in [0.15, 0.2) is 0 Å². The van der Waals surface area contributed by atoms with Gasteiger partial charge in [-0.1, -0.05) is 55.5 Å². The van der Waals surface area contributed by atoms with Gasteiger partial charge in [-0.05, 0) is 61.7 Å². The zero-order chi connectivity index (χ0) is 23.7. The number of aryl methyl sites for hydroxylation is 2. The van der Waals surface area contributed by atoms with Crippen molar-refractivity contribution in [2.45, 2.75) is 37.7 Å². The first-order chi connectivity index (χ1) is 16.5. The highest BCUT2D eigenvalue weighted by molar-refractivity contribution is 8.01. The molecule has 34 heavy (non-hydrogen) atoms. The molecule has 1 aromatic heterocycles. The van der Waals surface area contributed by atoms with Gasteiger partial charge < -0.3 is 10.1 Å². The molecule has 6 heteroatoms. The summed E-state index contributed by atoms with van der Waals surface area (Å²) in [6.45, 7) is 6.11. The Morgan fingerprint density at radius 1 is 0.971 bits per heavy atom. The van der Waals surface area contributed by atoms with Crippen LogP contribution in [-0.2, 0) is 11.2 Å². The van der Waals surface area contributed by atoms with E-state index in [1.165, 1.54) is 5.56 Å². The first kappa shape index (κ1) is 22.3. The van der Waals surface area contributed by atoms with Gasteiger partial charge in [-0.2, -0.15) is 5.10 Å². The molecule has 0 fully saturated rings. The molecule has 1 aliphatic rings. The highest BCUT2D eigenvalue weighted by Crippen LogP contribution is 2.46. The zero-order valence-electron chi connectivity index (χ0n) is 19.5. The van der Waals surface area contributed by atoms with Crippen molar-refractivity contribution < 1.29 is 9.53 Å². The normalized spacial score (nSPS) is 17.6. The number of para-hydroxylation sites is 2. The van der Waals surface area contributed by atoms with Crippen LogP contribution in [0.4, 0.5) is 5.82 Å². The number of anilines is 1. The molecule has 0 aliphatic carbocycles. The highest BCUT2D eigenvalue weighted by Gasteiger charge is 2.34. The molecule has 3 aromatic carbocycles. The summed E-state index contributed by atoms with van der Waals surface area (Å²) in [5, 5.41) is 7.82. The lowest BCUT2D eigenvalue weighted by Crippen LogP contribution is -2.22. The van der Waals surface area contributed by atoms with Crippen LogP contribution in [0.5, 0.6) is 11.5 Å². The van der Waals surface area contributed by atoms with Gasteiger partial charge >= 0.3 is 0 Å². The van der Waals surface area contributed by atoms with E-state index < -0.39 is 0 Å². The number of hydrogen-bond acceptors (Lipinski definition) is 4. The topological polar surface area (TPSA) is 56.2 Å². The SMILES string of the molecule is CCc1ccccc1-n1nc(C)c2c1NC(=O)[C@H](C)S[C@@H]2c1ccc(Oc2ccccc2)cc1. The lowest BCUT2D eigenvalue weighted by atomic mass is 10.0. The van der Waals surface area contributed by atoms with E-state index in [1.54, 1.807) is 11.8 Å². The molecular weight excluding hydrogens is 442 g/mol. The Balaban J connectivity index is 1.56. The van der Waals surface area contributed by atoms with Crippen LogP contribution in [0.25, 0.3) is 5.69 Å². The smallest absolute Gasteiger partial charge is 0.238 e. The van der Waals surface area contributed by atoms with Crippen LogP contribution in [0.1, 0.15) is 41.5 Å². The van der Waals surface area contributed by atoms with Crippen LogP contribution < -0.4 is 10.1 Å². The minimum atomic E-state index is -0.202. The molecule has 0 unspecified atom stereocenters. The first-order valence-electron chi connectivity index (χ1n) is 11.5. The molecule has 5 rings (SSSR count). The van der Waals surface area contributed by atoms with Gasteiger partial charge in [0.25, 0.3) is 0 Å². The lowest BCUT2D eigenvalue weighted by molar-refractivity contribution is -0.115. The number of thioether (sulfide) groups is 1. The molecular formula is C28H27N3O2S. The Labute approximate surface area is 204 Å². The third kappa shape index (κ3) is 4.21. The number of benzene rings is 3. The molecule has 0 saturated heterocycles. The quantitative estimate of drug-likeness (QED) is 0.353. The van der Waals surface area contributed by atoms with Crippen LogP contribution in [-0.4, -0.2) is 20.9 Å². The van der Waals surface area contributed by atoms with E-state index in [4.69, 9.17) is 9.84 Å². The van der Waals surface area contributed by atoms with Gasteiger partial charge in [-0.25, -0.2) is 4.68 Å². The second-order valence-electron chi connectivity index (χ2n) is 8.37. The van der Waals surface area contributed by atoms with E-state index in [-0.39, 0.29) is 16.4 Å². The van der Waals surface area contributed by atoms with Crippen molar-refractivity contribution in [1.82, 2.24) is 9.78 Å². The molecule has 5 nitrogen and oxygen atoms in total. The molecule has 0 saturated carbocycles. The lowest BCUT2D eigenvalue weighted by Gasteiger charge is -2.18. The maximum Gasteiger partial charge on any atom is 0.238 e. The van der Waals surface area contributed by atoms with Crippen molar-refractivity contribution in [3.05, 3.63) is 101 Å². The van der Waals surface area contributed by atoms with Gasteiger partial charge in [0.05, 0.1) is 21.9 Å². The number of hydrogen-bond donors (Lipinski definition) is 1. The van der Waals surface area contributed by atoms with Gasteiger partial charge in [0.1, 0.15) is 17.3 Å². The Morgan fingerprint density at radius 3 is 2.38 bits per heavy atom. The second kappa shape index (κ2) is 9.39. The second-order valence-corrected chi connectivity index (χ2v) is 9.82. The summed E-state index contributed by atoms with van der Waals surface area (Å²) in [4.78, 5) is 13.0. The predicted molar refractivity (Wildman–Crippen MR) is 138 cm³/mol. The summed E-state index contributed by atoms with van der Waals surface area (Å²) in [7, 11) is 0. The Hall–Kier alpha value is -3.51. The van der Waals surface area contributed by atoms with E-state index in [2.05, 4.69) is 36.5 Å². The van der Waals surface area contributed by atoms with Crippen LogP contribution in [0.2, 0.25) is 0 Å². The number of aromatic nitrogens is 2. The van der Waals surface area contributed by atoms with Gasteiger partial charge in [-0.15, -0.1) is 11.8 Å². The number of rotatable bonds is 5. The minimum absolute atomic E-state index is 0.00656. The maximum atomic E-state index is 13.0. The molecule has 0 spiro atoms. The third-order valence-electron chi connectivity index (χ3n) is 6.08. The Kier molecular flexibility index (Phi) is 6.16. The number of ether oxygens (including phenoxy) is 1. The molecule has 1 amide bonds. The average Bonchev–Trinajstić information content (AvgIpc) is 3.11.